The molecule has 2 aromatic carbocycles. The Kier molecular flexibility index (Phi) is 6.76. The summed E-state index contributed by atoms with van der Waals surface area (Å²) in [5.41, 5.74) is 6.55. The minimum atomic E-state index is -1.00. The van der Waals surface area contributed by atoms with Gasteiger partial charge in [-0.05, 0) is 36.8 Å². The summed E-state index contributed by atoms with van der Waals surface area (Å²) in [4.78, 5) is 35.1. The molecule has 0 heterocycles. The molecule has 0 saturated carbocycles. The number of methoxy groups -OCH3 is 1. The maximum absolute atomic E-state index is 12.3. The van der Waals surface area contributed by atoms with Gasteiger partial charge >= 0.3 is 12.0 Å². The molecule has 142 valence electrons. The van der Waals surface area contributed by atoms with Crippen LogP contribution in [0.15, 0.2) is 48.5 Å². The average molecular weight is 371 g/mol. The van der Waals surface area contributed by atoms with Crippen LogP contribution in [0.3, 0.4) is 0 Å². The molecule has 2 rings (SSSR count). The summed E-state index contributed by atoms with van der Waals surface area (Å²) in [6.45, 7) is 1.73. The predicted molar refractivity (Wildman–Crippen MR) is 99.4 cm³/mol. The van der Waals surface area contributed by atoms with Crippen molar-refractivity contribution >= 4 is 23.6 Å². The number of urea groups is 1. The zero-order valence-electron chi connectivity index (χ0n) is 15.0. The van der Waals surface area contributed by atoms with Crippen LogP contribution in [0.2, 0.25) is 0 Å². The molecule has 0 unspecified atom stereocenters. The highest BCUT2D eigenvalue weighted by atomic mass is 16.5. The number of carbonyl (C=O) groups excluding carboxylic acids is 3. The van der Waals surface area contributed by atoms with Crippen LogP contribution in [-0.2, 0) is 16.1 Å². The van der Waals surface area contributed by atoms with Crippen LogP contribution in [0.25, 0.3) is 0 Å². The van der Waals surface area contributed by atoms with Gasteiger partial charge in [0.05, 0.1) is 18.4 Å². The van der Waals surface area contributed by atoms with Crippen LogP contribution in [0.1, 0.15) is 22.8 Å². The molecule has 2 aromatic rings. The van der Waals surface area contributed by atoms with Gasteiger partial charge in [0, 0.05) is 6.54 Å². The molecule has 0 bridgehead atoms. The van der Waals surface area contributed by atoms with Crippen LogP contribution in [-0.4, -0.2) is 31.1 Å². The number of nitrogens with one attached hydrogen (secondary N) is 2. The molecule has 3 amide bonds. The summed E-state index contributed by atoms with van der Waals surface area (Å²) >= 11 is 0. The minimum Gasteiger partial charge on any atom is -0.495 e. The van der Waals surface area contributed by atoms with Gasteiger partial charge in [0.1, 0.15) is 5.75 Å². The van der Waals surface area contributed by atoms with Crippen molar-refractivity contribution in [3.8, 4) is 5.75 Å². The van der Waals surface area contributed by atoms with E-state index >= 15 is 0 Å². The highest BCUT2D eigenvalue weighted by Crippen LogP contribution is 2.23. The fourth-order valence-electron chi connectivity index (χ4n) is 2.21. The standard InChI is InChI=1S/C19H21N3O5/c1-12(17(23)22-15-5-3-4-6-16(15)26-2)27-18(24)14-9-7-13(8-10-14)11-21-19(20)25/h3-10,12H,11H2,1-2H3,(H,22,23)(H3,20,21,25)/t12-/m1/s1. The maximum atomic E-state index is 12.3. The zero-order chi connectivity index (χ0) is 19.8. The fourth-order valence-corrected chi connectivity index (χ4v) is 2.21. The summed E-state index contributed by atoms with van der Waals surface area (Å²) in [5, 5.41) is 5.11. The molecular weight excluding hydrogens is 350 g/mol. The van der Waals surface area contributed by atoms with E-state index < -0.39 is 24.0 Å². The summed E-state index contributed by atoms with van der Waals surface area (Å²) in [7, 11) is 1.50. The Morgan fingerprint density at radius 1 is 1.07 bits per heavy atom. The maximum Gasteiger partial charge on any atom is 0.338 e. The quantitative estimate of drug-likeness (QED) is 0.644. The number of nitrogens with two attached hydrogens (primary N) is 1. The largest absolute Gasteiger partial charge is 0.495 e. The second kappa shape index (κ2) is 9.23. The van der Waals surface area contributed by atoms with E-state index in [0.717, 1.165) is 5.56 Å². The lowest BCUT2D eigenvalue weighted by Gasteiger charge is -2.15. The smallest absolute Gasteiger partial charge is 0.338 e. The van der Waals surface area contributed by atoms with Gasteiger partial charge in [-0.25, -0.2) is 9.59 Å². The molecule has 8 nitrogen and oxygen atoms in total. The summed E-state index contributed by atoms with van der Waals surface area (Å²) in [6, 6.07) is 12.7. The molecule has 0 aliphatic heterocycles. The summed E-state index contributed by atoms with van der Waals surface area (Å²) < 4.78 is 10.4. The van der Waals surface area contributed by atoms with Gasteiger partial charge in [-0.3, -0.25) is 4.79 Å². The van der Waals surface area contributed by atoms with Crippen molar-refractivity contribution in [3.63, 3.8) is 0 Å². The number of ether oxygens (including phenoxy) is 2. The Morgan fingerprint density at radius 2 is 1.74 bits per heavy atom. The molecule has 0 radical (unpaired) electrons. The number of para-hydroxylation sites is 2. The van der Waals surface area contributed by atoms with Crippen LogP contribution in [0.5, 0.6) is 5.75 Å². The van der Waals surface area contributed by atoms with E-state index in [1.54, 1.807) is 48.5 Å². The minimum absolute atomic E-state index is 0.252. The highest BCUT2D eigenvalue weighted by Gasteiger charge is 2.20. The number of primary amides is 1. The zero-order valence-corrected chi connectivity index (χ0v) is 15.0. The first-order valence-electron chi connectivity index (χ1n) is 8.18. The van der Waals surface area contributed by atoms with E-state index in [1.165, 1.54) is 14.0 Å². The van der Waals surface area contributed by atoms with Gasteiger partial charge < -0.3 is 25.8 Å². The van der Waals surface area contributed by atoms with Gasteiger partial charge in [0.2, 0.25) is 0 Å². The van der Waals surface area contributed by atoms with E-state index in [-0.39, 0.29) is 12.1 Å². The van der Waals surface area contributed by atoms with Crippen molar-refractivity contribution in [2.45, 2.75) is 19.6 Å². The van der Waals surface area contributed by atoms with E-state index in [9.17, 15) is 14.4 Å². The molecule has 27 heavy (non-hydrogen) atoms. The number of carbonyl (C=O) groups is 3. The molecule has 0 fully saturated rings. The Bertz CT molecular complexity index is 820. The monoisotopic (exact) mass is 371 g/mol. The van der Waals surface area contributed by atoms with E-state index in [4.69, 9.17) is 15.2 Å². The van der Waals surface area contributed by atoms with Crippen molar-refractivity contribution in [1.29, 1.82) is 0 Å². The van der Waals surface area contributed by atoms with E-state index in [0.29, 0.717) is 11.4 Å². The SMILES string of the molecule is COc1ccccc1NC(=O)[C@@H](C)OC(=O)c1ccc(CNC(N)=O)cc1. The second-order valence-electron chi connectivity index (χ2n) is 5.65. The van der Waals surface area contributed by atoms with Crippen molar-refractivity contribution in [2.24, 2.45) is 5.73 Å². The van der Waals surface area contributed by atoms with E-state index in [1.807, 2.05) is 0 Å². The molecule has 0 spiro atoms. The Labute approximate surface area is 156 Å². The van der Waals surface area contributed by atoms with Crippen LogP contribution in [0, 0.1) is 0 Å². The highest BCUT2D eigenvalue weighted by molar-refractivity contribution is 5.98. The summed E-state index contributed by atoms with van der Waals surface area (Å²) in [5.74, 6) is -0.605. The van der Waals surface area contributed by atoms with Gasteiger partial charge in [0.25, 0.3) is 5.91 Å². The third kappa shape index (κ3) is 5.74. The molecule has 0 aromatic heterocycles. The first-order chi connectivity index (χ1) is 12.9. The molecule has 0 aliphatic carbocycles. The number of esters is 1. The lowest BCUT2D eigenvalue weighted by molar-refractivity contribution is -0.123. The lowest BCUT2D eigenvalue weighted by Crippen LogP contribution is -2.30. The van der Waals surface area contributed by atoms with Crippen LogP contribution < -0.4 is 21.1 Å². The van der Waals surface area contributed by atoms with Crippen molar-refractivity contribution in [3.05, 3.63) is 59.7 Å². The third-order valence-corrected chi connectivity index (χ3v) is 3.67. The van der Waals surface area contributed by atoms with Gasteiger partial charge in [-0.1, -0.05) is 24.3 Å². The van der Waals surface area contributed by atoms with Crippen molar-refractivity contribution in [1.82, 2.24) is 5.32 Å². The lowest BCUT2D eigenvalue weighted by atomic mass is 10.1. The van der Waals surface area contributed by atoms with Crippen molar-refractivity contribution < 1.29 is 23.9 Å². The number of anilines is 1. The Morgan fingerprint density at radius 3 is 2.37 bits per heavy atom. The fraction of sp³-hybridized carbons (Fsp3) is 0.211. The van der Waals surface area contributed by atoms with Gasteiger partial charge in [0.15, 0.2) is 6.10 Å². The van der Waals surface area contributed by atoms with Gasteiger partial charge in [-0.2, -0.15) is 0 Å². The Hall–Kier alpha value is -3.55. The van der Waals surface area contributed by atoms with E-state index in [2.05, 4.69) is 10.6 Å². The number of benzene rings is 2. The first-order valence-corrected chi connectivity index (χ1v) is 8.18. The first kappa shape index (κ1) is 19.8. The number of hydrogen-bond donors (Lipinski definition) is 3. The number of hydrogen-bond acceptors (Lipinski definition) is 5. The predicted octanol–water partition coefficient (Wildman–Crippen LogP) is 2.05. The molecule has 4 N–H and O–H groups in total. The van der Waals surface area contributed by atoms with Gasteiger partial charge in [-0.15, -0.1) is 0 Å². The Balaban J connectivity index is 1.94. The topological polar surface area (TPSA) is 120 Å². The second-order valence-corrected chi connectivity index (χ2v) is 5.65. The normalized spacial score (nSPS) is 11.2. The number of amides is 3. The molecule has 1 atom stereocenters. The van der Waals surface area contributed by atoms with Crippen molar-refractivity contribution in [2.75, 3.05) is 12.4 Å². The number of rotatable bonds is 7. The van der Waals surface area contributed by atoms with Crippen LogP contribution >= 0.6 is 0 Å². The van der Waals surface area contributed by atoms with Crippen LogP contribution in [0.4, 0.5) is 10.5 Å². The molecular formula is C19H21N3O5. The molecule has 8 heteroatoms. The molecule has 0 aliphatic rings. The third-order valence-electron chi connectivity index (χ3n) is 3.67. The average Bonchev–Trinajstić information content (AvgIpc) is 2.67. The molecule has 0 saturated heterocycles. The summed E-state index contributed by atoms with van der Waals surface area (Å²) in [6.07, 6.45) is -1.00.